The Labute approximate surface area is 312 Å². The first-order chi connectivity index (χ1) is 27.3. The molecule has 0 fully saturated rings. The summed E-state index contributed by atoms with van der Waals surface area (Å²) in [7, 11) is 0. The molecule has 6 heteroatoms. The molecule has 13 rings (SSSR count). The van der Waals surface area contributed by atoms with Crippen LogP contribution in [0, 0.1) is 0 Å². The quantitative estimate of drug-likeness (QED) is 0.169. The summed E-state index contributed by atoms with van der Waals surface area (Å²) in [6, 6.07) is 60.7. The van der Waals surface area contributed by atoms with Crippen molar-refractivity contribution >= 4 is 98.5 Å². The molecule has 0 aliphatic heterocycles. The van der Waals surface area contributed by atoms with Crippen LogP contribution in [0.1, 0.15) is 0 Å². The molecule has 5 aromatic heterocycles. The number of nitrogens with zero attached hydrogens (tertiary/aromatic N) is 6. The van der Waals surface area contributed by atoms with E-state index in [0.717, 1.165) is 83.3 Å². The highest BCUT2D eigenvalue weighted by molar-refractivity contribution is 6.24. The summed E-state index contributed by atoms with van der Waals surface area (Å²) in [4.78, 5) is 15.7. The van der Waals surface area contributed by atoms with Gasteiger partial charge in [-0.1, -0.05) is 103 Å². The molecule has 0 bridgehead atoms. The van der Waals surface area contributed by atoms with E-state index in [-0.39, 0.29) is 0 Å². The van der Waals surface area contributed by atoms with Crippen molar-refractivity contribution in [2.75, 3.05) is 0 Å². The standard InChI is InChI=1S/C49H28N6/c1-2-12-32-29(11-1)21-25-36-46(32)37-27-30(23-26-42(37)53-43-19-9-6-16-39(43)51-48(36)53)31-22-24-34-33-13-4-8-18-41(33)54(45(34)28-31)49-52-38-15-5-3-14-35(38)47-50-40-17-7-10-20-44(40)55(47)49/h1-28H. The molecule has 55 heavy (non-hydrogen) atoms. The zero-order valence-corrected chi connectivity index (χ0v) is 29.3. The van der Waals surface area contributed by atoms with E-state index in [9.17, 15) is 0 Å². The third-order valence-corrected chi connectivity index (χ3v) is 11.6. The van der Waals surface area contributed by atoms with E-state index < -0.39 is 0 Å². The Bertz CT molecular complexity index is 3790. The lowest BCUT2D eigenvalue weighted by molar-refractivity contribution is 0.979. The predicted octanol–water partition coefficient (Wildman–Crippen LogP) is 12.1. The van der Waals surface area contributed by atoms with Crippen LogP contribution in [0.5, 0.6) is 0 Å². The molecule has 0 aliphatic carbocycles. The number of hydrogen-bond acceptors (Lipinski definition) is 3. The predicted molar refractivity (Wildman–Crippen MR) is 227 cm³/mol. The van der Waals surface area contributed by atoms with Crippen LogP contribution in [0.4, 0.5) is 0 Å². The van der Waals surface area contributed by atoms with E-state index in [4.69, 9.17) is 15.0 Å². The van der Waals surface area contributed by atoms with Gasteiger partial charge in [0.15, 0.2) is 0 Å². The Hall–Kier alpha value is -7.57. The van der Waals surface area contributed by atoms with Crippen molar-refractivity contribution in [2.24, 2.45) is 0 Å². The summed E-state index contributed by atoms with van der Waals surface area (Å²) in [6.45, 7) is 0. The van der Waals surface area contributed by atoms with Crippen LogP contribution >= 0.6 is 0 Å². The zero-order valence-electron chi connectivity index (χ0n) is 29.3. The molecule has 0 saturated heterocycles. The Morgan fingerprint density at radius 1 is 0.327 bits per heavy atom. The average molecular weight is 701 g/mol. The van der Waals surface area contributed by atoms with Gasteiger partial charge in [-0.15, -0.1) is 0 Å². The normalized spacial score (nSPS) is 12.4. The number of benzene rings is 8. The van der Waals surface area contributed by atoms with E-state index >= 15 is 0 Å². The second-order valence-electron chi connectivity index (χ2n) is 14.5. The van der Waals surface area contributed by atoms with Gasteiger partial charge < -0.3 is 0 Å². The van der Waals surface area contributed by atoms with E-state index in [1.165, 1.54) is 32.3 Å². The molecule has 0 aliphatic rings. The highest BCUT2D eigenvalue weighted by Gasteiger charge is 2.21. The average Bonchev–Trinajstić information content (AvgIpc) is 3.93. The maximum Gasteiger partial charge on any atom is 0.221 e. The second kappa shape index (κ2) is 10.5. The Morgan fingerprint density at radius 2 is 0.909 bits per heavy atom. The van der Waals surface area contributed by atoms with Crippen LogP contribution in [-0.4, -0.2) is 28.3 Å². The minimum atomic E-state index is 0.816. The molecule has 0 atom stereocenters. The van der Waals surface area contributed by atoms with E-state index in [1.54, 1.807) is 0 Å². The van der Waals surface area contributed by atoms with Crippen LogP contribution < -0.4 is 0 Å². The second-order valence-corrected chi connectivity index (χ2v) is 14.5. The maximum atomic E-state index is 5.40. The van der Waals surface area contributed by atoms with Crippen LogP contribution in [0.3, 0.4) is 0 Å². The van der Waals surface area contributed by atoms with Crippen molar-refractivity contribution in [3.63, 3.8) is 0 Å². The van der Waals surface area contributed by atoms with Crippen LogP contribution in [0.2, 0.25) is 0 Å². The Kier molecular flexibility index (Phi) is 5.54. The number of fused-ring (bicyclic) bond motifs is 18. The highest BCUT2D eigenvalue weighted by atomic mass is 15.2. The third kappa shape index (κ3) is 3.84. The molecule has 0 spiro atoms. The van der Waals surface area contributed by atoms with Gasteiger partial charge in [0.2, 0.25) is 5.95 Å². The number of hydrogen-bond donors (Lipinski definition) is 0. The Morgan fingerprint density at radius 3 is 1.73 bits per heavy atom. The van der Waals surface area contributed by atoms with Crippen molar-refractivity contribution in [1.29, 1.82) is 0 Å². The lowest BCUT2D eigenvalue weighted by Gasteiger charge is -2.14. The summed E-state index contributed by atoms with van der Waals surface area (Å²) in [5.41, 5.74) is 12.5. The molecule has 8 aromatic carbocycles. The number of aromatic nitrogens is 6. The summed E-state index contributed by atoms with van der Waals surface area (Å²) in [5, 5.41) is 9.40. The van der Waals surface area contributed by atoms with Crippen molar-refractivity contribution in [1.82, 2.24) is 28.3 Å². The van der Waals surface area contributed by atoms with Gasteiger partial charge in [-0.25, -0.2) is 15.0 Å². The van der Waals surface area contributed by atoms with Crippen molar-refractivity contribution in [3.8, 4) is 17.1 Å². The van der Waals surface area contributed by atoms with Gasteiger partial charge in [0.25, 0.3) is 0 Å². The molecular formula is C49H28N6. The van der Waals surface area contributed by atoms with Gasteiger partial charge in [0, 0.05) is 32.3 Å². The van der Waals surface area contributed by atoms with E-state index in [0.29, 0.717) is 0 Å². The van der Waals surface area contributed by atoms with Gasteiger partial charge >= 0.3 is 0 Å². The fourth-order valence-electron chi connectivity index (χ4n) is 9.15. The van der Waals surface area contributed by atoms with E-state index in [2.05, 4.69) is 177 Å². The van der Waals surface area contributed by atoms with Gasteiger partial charge in [-0.05, 0) is 88.6 Å². The van der Waals surface area contributed by atoms with Crippen molar-refractivity contribution in [3.05, 3.63) is 170 Å². The SMILES string of the molecule is c1ccc2c(c1)ccc1c2c2cc(-c3ccc4c5ccccc5n(-c5nc6ccccc6c6nc7ccccc7n56)c4c3)ccc2n2c3ccccc3nc12. The minimum absolute atomic E-state index is 0.816. The molecule has 0 radical (unpaired) electrons. The fourth-order valence-corrected chi connectivity index (χ4v) is 9.15. The van der Waals surface area contributed by atoms with Gasteiger partial charge in [-0.3, -0.25) is 13.4 Å². The number of imidazole rings is 2. The number of pyridine rings is 1. The first-order valence-electron chi connectivity index (χ1n) is 18.6. The van der Waals surface area contributed by atoms with Crippen molar-refractivity contribution in [2.45, 2.75) is 0 Å². The zero-order chi connectivity index (χ0) is 35.8. The fraction of sp³-hybridized carbons (Fsp3) is 0. The van der Waals surface area contributed by atoms with Crippen LogP contribution in [0.25, 0.3) is 116 Å². The Balaban J connectivity index is 1.14. The largest absolute Gasteiger partial charge is 0.292 e. The summed E-state index contributed by atoms with van der Waals surface area (Å²) in [5.74, 6) is 0.816. The lowest BCUT2D eigenvalue weighted by atomic mass is 9.96. The van der Waals surface area contributed by atoms with Crippen LogP contribution in [-0.2, 0) is 0 Å². The van der Waals surface area contributed by atoms with Gasteiger partial charge in [0.05, 0.1) is 44.1 Å². The summed E-state index contributed by atoms with van der Waals surface area (Å²) < 4.78 is 6.88. The molecule has 13 aromatic rings. The molecule has 0 N–H and O–H groups in total. The van der Waals surface area contributed by atoms with Gasteiger partial charge in [-0.2, -0.15) is 0 Å². The molecule has 5 heterocycles. The number of rotatable bonds is 2. The first kappa shape index (κ1) is 28.9. The maximum absolute atomic E-state index is 5.40. The number of para-hydroxylation sites is 6. The van der Waals surface area contributed by atoms with Crippen LogP contribution in [0.15, 0.2) is 170 Å². The summed E-state index contributed by atoms with van der Waals surface area (Å²) >= 11 is 0. The van der Waals surface area contributed by atoms with Gasteiger partial charge in [0.1, 0.15) is 11.3 Å². The smallest absolute Gasteiger partial charge is 0.221 e. The molecule has 0 unspecified atom stereocenters. The molecule has 0 saturated carbocycles. The highest BCUT2D eigenvalue weighted by Crippen LogP contribution is 2.40. The molecule has 6 nitrogen and oxygen atoms in total. The molecular weight excluding hydrogens is 673 g/mol. The lowest BCUT2D eigenvalue weighted by Crippen LogP contribution is -2.06. The third-order valence-electron chi connectivity index (χ3n) is 11.6. The van der Waals surface area contributed by atoms with E-state index in [1.807, 2.05) is 6.07 Å². The minimum Gasteiger partial charge on any atom is -0.292 e. The summed E-state index contributed by atoms with van der Waals surface area (Å²) in [6.07, 6.45) is 0. The molecule has 0 amide bonds. The first-order valence-corrected chi connectivity index (χ1v) is 18.6. The van der Waals surface area contributed by atoms with Crippen molar-refractivity contribution < 1.29 is 0 Å². The monoisotopic (exact) mass is 700 g/mol. The topological polar surface area (TPSA) is 52.4 Å². The molecule has 254 valence electrons.